The van der Waals surface area contributed by atoms with Gasteiger partial charge < -0.3 is 26.6 Å². The van der Waals surface area contributed by atoms with Crippen molar-refractivity contribution in [2.75, 3.05) is 54.9 Å². The summed E-state index contributed by atoms with van der Waals surface area (Å²) in [6, 6.07) is 9.64. The van der Waals surface area contributed by atoms with Crippen molar-refractivity contribution in [3.63, 3.8) is 0 Å². The van der Waals surface area contributed by atoms with Gasteiger partial charge in [-0.1, -0.05) is 34.5 Å². The predicted molar refractivity (Wildman–Crippen MR) is 138 cm³/mol. The van der Waals surface area contributed by atoms with Crippen molar-refractivity contribution in [1.82, 2.24) is 9.88 Å². The first-order valence-electron chi connectivity index (χ1n) is 9.79. The van der Waals surface area contributed by atoms with Gasteiger partial charge in [0.25, 0.3) is 0 Å². The van der Waals surface area contributed by atoms with Crippen molar-refractivity contribution in [2.45, 2.75) is 0 Å². The fourth-order valence-electron chi connectivity index (χ4n) is 3.42. The fourth-order valence-corrected chi connectivity index (χ4v) is 5.57. The number of carbonyl (C=O) groups excluding carboxylic acids is 1. The van der Waals surface area contributed by atoms with Crippen LogP contribution >= 0.6 is 50.5 Å². The number of nitrogens with two attached hydrogens (primary N) is 2. The van der Waals surface area contributed by atoms with E-state index in [-0.39, 0.29) is 32.0 Å². The molecule has 1 aliphatic heterocycles. The second-order valence-corrected chi connectivity index (χ2v) is 10.1. The minimum atomic E-state index is -0.423. The lowest BCUT2D eigenvalue weighted by Crippen LogP contribution is -2.44. The van der Waals surface area contributed by atoms with Crippen LogP contribution in [0.1, 0.15) is 15.2 Å². The van der Waals surface area contributed by atoms with Gasteiger partial charge in [0.15, 0.2) is 5.13 Å². The van der Waals surface area contributed by atoms with E-state index in [1.807, 2.05) is 12.1 Å². The summed E-state index contributed by atoms with van der Waals surface area (Å²) in [6.45, 7) is 4.10. The molecule has 1 aliphatic rings. The molecule has 11 heteroatoms. The number of nitrogens with zero attached hydrogens (tertiary/aromatic N) is 3. The number of likely N-dealkylation sites (N-methyl/N-ethyl adjacent to an activating group) is 1. The number of hydrogen-bond donors (Lipinski definition) is 3. The quantitative estimate of drug-likeness (QED) is 0.297. The predicted octanol–water partition coefficient (Wildman–Crippen LogP) is 5.10. The van der Waals surface area contributed by atoms with Crippen LogP contribution in [0.25, 0.3) is 0 Å². The molecule has 1 aromatic heterocycles. The first-order valence-corrected chi connectivity index (χ1v) is 12.2. The summed E-state index contributed by atoms with van der Waals surface area (Å²) in [5.74, 6) is -0.321. The zero-order valence-corrected chi connectivity index (χ0v) is 21.1. The summed E-state index contributed by atoms with van der Waals surface area (Å²) in [6.07, 6.45) is 0. The van der Waals surface area contributed by atoms with E-state index in [1.54, 1.807) is 0 Å². The Bertz CT molecular complexity index is 1160. The average molecular weight is 556 g/mol. The van der Waals surface area contributed by atoms with E-state index in [9.17, 15) is 4.79 Å². The van der Waals surface area contributed by atoms with Gasteiger partial charge >= 0.3 is 0 Å². The van der Waals surface area contributed by atoms with Crippen LogP contribution in [-0.2, 0) is 0 Å². The summed E-state index contributed by atoms with van der Waals surface area (Å²) in [5, 5.41) is 3.97. The van der Waals surface area contributed by atoms with Gasteiger partial charge in [-0.3, -0.25) is 4.79 Å². The van der Waals surface area contributed by atoms with Gasteiger partial charge in [-0.25, -0.2) is 4.98 Å². The molecule has 32 heavy (non-hydrogen) atoms. The number of piperazine rings is 1. The molecule has 0 saturated carbocycles. The van der Waals surface area contributed by atoms with E-state index in [2.05, 4.69) is 55.2 Å². The fraction of sp³-hybridized carbons (Fsp3) is 0.238. The van der Waals surface area contributed by atoms with Gasteiger partial charge in [0.1, 0.15) is 10.7 Å². The summed E-state index contributed by atoms with van der Waals surface area (Å²) < 4.78 is 0.517. The lowest BCUT2D eigenvalue weighted by atomic mass is 10.1. The van der Waals surface area contributed by atoms with Crippen molar-refractivity contribution in [3.8, 4) is 0 Å². The lowest BCUT2D eigenvalue weighted by Gasteiger charge is -2.34. The SMILES string of the molecule is CN1CCN(c2ccc(Nc3nc(N)c(C(=O)c4c(Cl)cc(Br)c(N)c4Cl)s3)cc2)CC1. The standard InChI is InChI=1S/C21H21BrCl2N6OS/c1-29-6-8-30(9-7-29)12-4-2-11(3-5-12)27-21-28-20(26)19(32-21)18(31)15-14(23)10-13(22)17(25)16(15)24/h2-5,10H,6-9,25-26H2,1H3,(H,27,28). The molecule has 7 nitrogen and oxygen atoms in total. The third kappa shape index (κ3) is 4.67. The Labute approximate surface area is 208 Å². The summed E-state index contributed by atoms with van der Waals surface area (Å²) in [4.78, 5) is 22.3. The van der Waals surface area contributed by atoms with Gasteiger partial charge in [-0.15, -0.1) is 0 Å². The van der Waals surface area contributed by atoms with Gasteiger partial charge in [-0.2, -0.15) is 0 Å². The minimum Gasteiger partial charge on any atom is -0.397 e. The number of thiazole rings is 1. The van der Waals surface area contributed by atoms with E-state index < -0.39 is 5.78 Å². The molecule has 0 bridgehead atoms. The third-order valence-corrected chi connectivity index (χ3v) is 7.61. The van der Waals surface area contributed by atoms with Crippen LogP contribution in [0.2, 0.25) is 10.0 Å². The third-order valence-electron chi connectivity index (χ3n) is 5.28. The molecule has 1 fully saturated rings. The minimum absolute atomic E-state index is 0.0798. The molecule has 0 unspecified atom stereocenters. The molecule has 0 spiro atoms. The maximum atomic E-state index is 13.1. The highest BCUT2D eigenvalue weighted by atomic mass is 79.9. The molecular formula is C21H21BrCl2N6OS. The first-order chi connectivity index (χ1) is 15.2. The number of nitrogens with one attached hydrogen (secondary N) is 1. The van der Waals surface area contributed by atoms with E-state index in [0.717, 1.165) is 43.2 Å². The highest BCUT2D eigenvalue weighted by Crippen LogP contribution is 2.39. The van der Waals surface area contributed by atoms with Crippen LogP contribution in [0.4, 0.5) is 28.0 Å². The average Bonchev–Trinajstić information content (AvgIpc) is 3.13. The number of benzene rings is 2. The number of nitrogen functional groups attached to an aromatic ring is 2. The number of ketones is 1. The van der Waals surface area contributed by atoms with Crippen molar-refractivity contribution < 1.29 is 4.79 Å². The highest BCUT2D eigenvalue weighted by Gasteiger charge is 2.25. The molecule has 0 amide bonds. The number of halogens is 3. The molecular weight excluding hydrogens is 535 g/mol. The van der Waals surface area contributed by atoms with Gasteiger partial charge in [-0.05, 0) is 53.3 Å². The largest absolute Gasteiger partial charge is 0.397 e. The molecule has 1 saturated heterocycles. The molecule has 3 aromatic rings. The Morgan fingerprint density at radius 1 is 1.16 bits per heavy atom. The first kappa shape index (κ1) is 23.1. The normalized spacial score (nSPS) is 14.6. The van der Waals surface area contributed by atoms with E-state index in [1.165, 1.54) is 11.8 Å². The van der Waals surface area contributed by atoms with Crippen molar-refractivity contribution >= 4 is 84.3 Å². The molecule has 0 atom stereocenters. The summed E-state index contributed by atoms with van der Waals surface area (Å²) >= 11 is 16.9. The Hall–Kier alpha value is -2.04. The Kier molecular flexibility index (Phi) is 6.83. The van der Waals surface area contributed by atoms with Crippen LogP contribution in [0.5, 0.6) is 0 Å². The Morgan fingerprint density at radius 3 is 2.47 bits per heavy atom. The second-order valence-electron chi connectivity index (χ2n) is 7.47. The Balaban J connectivity index is 1.52. The maximum absolute atomic E-state index is 13.1. The zero-order chi connectivity index (χ0) is 23.0. The van der Waals surface area contributed by atoms with Gasteiger partial charge in [0, 0.05) is 42.0 Å². The highest BCUT2D eigenvalue weighted by molar-refractivity contribution is 9.10. The second kappa shape index (κ2) is 9.44. The van der Waals surface area contributed by atoms with E-state index in [4.69, 9.17) is 34.7 Å². The zero-order valence-electron chi connectivity index (χ0n) is 17.2. The van der Waals surface area contributed by atoms with Crippen molar-refractivity contribution in [2.24, 2.45) is 0 Å². The van der Waals surface area contributed by atoms with E-state index >= 15 is 0 Å². The topological polar surface area (TPSA) is 101 Å². The Morgan fingerprint density at radius 2 is 1.81 bits per heavy atom. The van der Waals surface area contributed by atoms with E-state index in [0.29, 0.717) is 9.60 Å². The molecule has 5 N–H and O–H groups in total. The molecule has 4 rings (SSSR count). The van der Waals surface area contributed by atoms with Crippen molar-refractivity contribution in [1.29, 1.82) is 0 Å². The molecule has 0 radical (unpaired) electrons. The smallest absolute Gasteiger partial charge is 0.209 e. The number of hydrogen-bond acceptors (Lipinski definition) is 8. The van der Waals surface area contributed by atoms with Crippen LogP contribution in [0, 0.1) is 0 Å². The van der Waals surface area contributed by atoms with Crippen LogP contribution < -0.4 is 21.7 Å². The van der Waals surface area contributed by atoms with Gasteiger partial charge in [0.2, 0.25) is 5.78 Å². The number of rotatable bonds is 5. The maximum Gasteiger partial charge on any atom is 0.209 e. The van der Waals surface area contributed by atoms with Crippen LogP contribution in [0.15, 0.2) is 34.8 Å². The number of aromatic nitrogens is 1. The van der Waals surface area contributed by atoms with Gasteiger partial charge in [0.05, 0.1) is 21.3 Å². The number of anilines is 5. The molecule has 0 aliphatic carbocycles. The summed E-state index contributed by atoms with van der Waals surface area (Å²) in [5.41, 5.74) is 14.3. The summed E-state index contributed by atoms with van der Waals surface area (Å²) in [7, 11) is 2.14. The molecule has 2 heterocycles. The van der Waals surface area contributed by atoms with Crippen molar-refractivity contribution in [3.05, 3.63) is 55.3 Å². The molecule has 168 valence electrons. The molecule has 2 aromatic carbocycles. The van der Waals surface area contributed by atoms with Crippen LogP contribution in [0.3, 0.4) is 0 Å². The van der Waals surface area contributed by atoms with Crippen LogP contribution in [-0.4, -0.2) is 48.9 Å². The lowest BCUT2D eigenvalue weighted by molar-refractivity contribution is 0.104. The monoisotopic (exact) mass is 554 g/mol. The number of carbonyl (C=O) groups is 1.